The molecular formula is C23H31N5O3. The van der Waals surface area contributed by atoms with E-state index in [1.165, 1.54) is 0 Å². The lowest BCUT2D eigenvalue weighted by Gasteiger charge is -2.33. The van der Waals surface area contributed by atoms with Crippen LogP contribution in [0.4, 0.5) is 16.3 Å². The Morgan fingerprint density at radius 2 is 1.77 bits per heavy atom. The van der Waals surface area contributed by atoms with Gasteiger partial charge in [0.2, 0.25) is 5.91 Å². The average Bonchev–Trinajstić information content (AvgIpc) is 2.77. The third-order valence-corrected chi connectivity index (χ3v) is 5.28. The Balaban J connectivity index is 1.53. The highest BCUT2D eigenvalue weighted by Crippen LogP contribution is 2.16. The number of hydrogen-bond acceptors (Lipinski definition) is 6. The third-order valence-electron chi connectivity index (χ3n) is 5.28. The van der Waals surface area contributed by atoms with Crippen molar-refractivity contribution < 1.29 is 14.3 Å². The van der Waals surface area contributed by atoms with E-state index in [1.54, 1.807) is 6.20 Å². The molecule has 1 atom stereocenters. The van der Waals surface area contributed by atoms with Gasteiger partial charge in [-0.25, -0.2) is 9.78 Å². The zero-order valence-corrected chi connectivity index (χ0v) is 18.4. The predicted octanol–water partition coefficient (Wildman–Crippen LogP) is 2.72. The summed E-state index contributed by atoms with van der Waals surface area (Å²) in [6.07, 6.45) is 1.03. The highest BCUT2D eigenvalue weighted by molar-refractivity contribution is 5.96. The average molecular weight is 426 g/mol. The molecular weight excluding hydrogens is 394 g/mol. The van der Waals surface area contributed by atoms with Crippen LogP contribution in [0.25, 0.3) is 0 Å². The molecule has 8 nitrogen and oxygen atoms in total. The second-order valence-electron chi connectivity index (χ2n) is 8.11. The fourth-order valence-corrected chi connectivity index (χ4v) is 3.33. The number of nitrogens with zero attached hydrogens (tertiary/aromatic N) is 3. The summed E-state index contributed by atoms with van der Waals surface area (Å²) in [5, 5.41) is 5.51. The fraction of sp³-hybridized carbons (Fsp3) is 0.435. The number of aromatic nitrogens is 1. The zero-order valence-electron chi connectivity index (χ0n) is 18.4. The number of anilines is 2. The summed E-state index contributed by atoms with van der Waals surface area (Å²) in [6, 6.07) is 12.4. The van der Waals surface area contributed by atoms with E-state index in [-0.39, 0.29) is 18.4 Å². The lowest BCUT2D eigenvalue weighted by molar-refractivity contribution is -0.119. The molecule has 1 aliphatic heterocycles. The molecule has 166 valence electrons. The van der Waals surface area contributed by atoms with Gasteiger partial charge in [-0.15, -0.1) is 0 Å². The topological polar surface area (TPSA) is 86.8 Å². The Hall–Kier alpha value is -3.13. The summed E-state index contributed by atoms with van der Waals surface area (Å²) in [7, 11) is 2.11. The maximum Gasteiger partial charge on any atom is 0.408 e. The van der Waals surface area contributed by atoms with Crippen molar-refractivity contribution in [2.45, 2.75) is 26.5 Å². The van der Waals surface area contributed by atoms with Crippen LogP contribution >= 0.6 is 0 Å². The van der Waals surface area contributed by atoms with E-state index in [2.05, 4.69) is 32.5 Å². The standard InChI is InChI=1S/C23H31N5O3/c1-17(2)21(26-23(30)31-16-18-7-5-4-6-8-18)22(29)25-19-9-10-20(24-15-19)28-13-11-27(3)12-14-28/h4-10,15,17,21H,11-14,16H2,1-3H3,(H,25,29)(H,26,30)/t21-/m1/s1. The van der Waals surface area contributed by atoms with Gasteiger partial charge in [0.05, 0.1) is 11.9 Å². The number of piperazine rings is 1. The molecule has 2 amide bonds. The van der Waals surface area contributed by atoms with Crippen molar-refractivity contribution in [3.05, 3.63) is 54.2 Å². The molecule has 0 bridgehead atoms. The van der Waals surface area contributed by atoms with Crippen molar-refractivity contribution in [1.29, 1.82) is 0 Å². The minimum absolute atomic E-state index is 0.109. The Kier molecular flexibility index (Phi) is 7.83. The first-order valence-corrected chi connectivity index (χ1v) is 10.6. The van der Waals surface area contributed by atoms with Crippen LogP contribution in [0.1, 0.15) is 19.4 Å². The number of pyridine rings is 1. The minimum Gasteiger partial charge on any atom is -0.445 e. The number of ether oxygens (including phenoxy) is 1. The van der Waals surface area contributed by atoms with Crippen LogP contribution in [0.5, 0.6) is 0 Å². The first kappa shape index (κ1) is 22.6. The SMILES string of the molecule is CC(C)[C@@H](NC(=O)OCc1ccccc1)C(=O)Nc1ccc(N2CCN(C)CC2)nc1. The van der Waals surface area contributed by atoms with Crippen molar-refractivity contribution in [2.24, 2.45) is 5.92 Å². The lowest BCUT2D eigenvalue weighted by Crippen LogP contribution is -2.47. The Labute approximate surface area is 183 Å². The van der Waals surface area contributed by atoms with Gasteiger partial charge in [-0.3, -0.25) is 4.79 Å². The minimum atomic E-state index is -0.722. The highest BCUT2D eigenvalue weighted by atomic mass is 16.5. The number of hydrogen-bond donors (Lipinski definition) is 2. The smallest absolute Gasteiger partial charge is 0.408 e. The van der Waals surface area contributed by atoms with Gasteiger partial charge in [0.15, 0.2) is 0 Å². The van der Waals surface area contributed by atoms with Crippen LogP contribution in [0, 0.1) is 5.92 Å². The van der Waals surface area contributed by atoms with Crippen molar-refractivity contribution >= 4 is 23.5 Å². The molecule has 0 aliphatic carbocycles. The first-order chi connectivity index (χ1) is 14.9. The van der Waals surface area contributed by atoms with E-state index in [0.717, 1.165) is 37.6 Å². The van der Waals surface area contributed by atoms with Gasteiger partial charge in [-0.2, -0.15) is 0 Å². The van der Waals surface area contributed by atoms with Gasteiger partial charge in [-0.05, 0) is 30.7 Å². The van der Waals surface area contributed by atoms with Gasteiger partial charge in [0, 0.05) is 26.2 Å². The number of benzene rings is 1. The monoisotopic (exact) mass is 425 g/mol. The molecule has 8 heteroatoms. The molecule has 1 aromatic carbocycles. The number of carbonyl (C=O) groups excluding carboxylic acids is 2. The van der Waals surface area contributed by atoms with Crippen LogP contribution in [0.3, 0.4) is 0 Å². The van der Waals surface area contributed by atoms with E-state index in [9.17, 15) is 9.59 Å². The van der Waals surface area contributed by atoms with E-state index >= 15 is 0 Å². The largest absolute Gasteiger partial charge is 0.445 e. The van der Waals surface area contributed by atoms with Gasteiger partial charge in [0.25, 0.3) is 0 Å². The summed E-state index contributed by atoms with van der Waals surface area (Å²) in [4.78, 5) is 34.0. The second kappa shape index (κ2) is 10.8. The van der Waals surface area contributed by atoms with Crippen LogP contribution in [0.15, 0.2) is 48.7 Å². The Morgan fingerprint density at radius 1 is 1.06 bits per heavy atom. The Morgan fingerprint density at radius 3 is 2.39 bits per heavy atom. The molecule has 2 aromatic rings. The second-order valence-corrected chi connectivity index (χ2v) is 8.11. The summed E-state index contributed by atoms with van der Waals surface area (Å²) in [5.41, 5.74) is 1.47. The number of amides is 2. The third kappa shape index (κ3) is 6.68. The molecule has 1 fully saturated rings. The van der Waals surface area contributed by atoms with Crippen LogP contribution in [-0.4, -0.2) is 61.2 Å². The van der Waals surface area contributed by atoms with Crippen molar-refractivity contribution in [3.63, 3.8) is 0 Å². The van der Waals surface area contributed by atoms with Gasteiger partial charge in [-0.1, -0.05) is 44.2 Å². The number of alkyl carbamates (subject to hydrolysis) is 1. The number of rotatable bonds is 7. The van der Waals surface area contributed by atoms with Gasteiger partial charge >= 0.3 is 6.09 Å². The maximum absolute atomic E-state index is 12.8. The Bertz CT molecular complexity index is 849. The van der Waals surface area contributed by atoms with E-state index < -0.39 is 12.1 Å². The molecule has 0 spiro atoms. The highest BCUT2D eigenvalue weighted by Gasteiger charge is 2.25. The molecule has 1 aromatic heterocycles. The lowest BCUT2D eigenvalue weighted by atomic mass is 10.0. The van der Waals surface area contributed by atoms with Crippen LogP contribution in [-0.2, 0) is 16.1 Å². The predicted molar refractivity (Wildman–Crippen MR) is 121 cm³/mol. The quantitative estimate of drug-likeness (QED) is 0.709. The number of nitrogens with one attached hydrogen (secondary N) is 2. The molecule has 1 saturated heterocycles. The molecule has 2 heterocycles. The molecule has 0 saturated carbocycles. The summed E-state index contributed by atoms with van der Waals surface area (Å²) in [5.74, 6) is 0.483. The molecule has 1 aliphatic rings. The van der Waals surface area contributed by atoms with Crippen molar-refractivity contribution in [1.82, 2.24) is 15.2 Å². The summed E-state index contributed by atoms with van der Waals surface area (Å²) < 4.78 is 5.25. The van der Waals surface area contributed by atoms with E-state index in [1.807, 2.05) is 56.3 Å². The van der Waals surface area contributed by atoms with Crippen molar-refractivity contribution in [2.75, 3.05) is 43.4 Å². The van der Waals surface area contributed by atoms with Crippen LogP contribution < -0.4 is 15.5 Å². The molecule has 0 unspecified atom stereocenters. The molecule has 3 rings (SSSR count). The normalized spacial score (nSPS) is 15.4. The van der Waals surface area contributed by atoms with E-state index in [0.29, 0.717) is 5.69 Å². The van der Waals surface area contributed by atoms with Crippen molar-refractivity contribution in [3.8, 4) is 0 Å². The zero-order chi connectivity index (χ0) is 22.2. The van der Waals surface area contributed by atoms with Gasteiger partial charge < -0.3 is 25.2 Å². The summed E-state index contributed by atoms with van der Waals surface area (Å²) >= 11 is 0. The molecule has 31 heavy (non-hydrogen) atoms. The molecule has 2 N–H and O–H groups in total. The molecule has 0 radical (unpaired) electrons. The summed E-state index contributed by atoms with van der Waals surface area (Å²) in [6.45, 7) is 7.76. The van der Waals surface area contributed by atoms with Crippen LogP contribution in [0.2, 0.25) is 0 Å². The number of carbonyl (C=O) groups is 2. The van der Waals surface area contributed by atoms with E-state index in [4.69, 9.17) is 4.74 Å². The fourth-order valence-electron chi connectivity index (χ4n) is 3.33. The first-order valence-electron chi connectivity index (χ1n) is 10.6. The number of likely N-dealkylation sites (N-methyl/N-ethyl adjacent to an activating group) is 1. The maximum atomic E-state index is 12.8. The van der Waals surface area contributed by atoms with Gasteiger partial charge in [0.1, 0.15) is 18.5 Å².